The third-order valence-corrected chi connectivity index (χ3v) is 7.57. The molecule has 0 aliphatic rings. The molecule has 0 unspecified atom stereocenters. The summed E-state index contributed by atoms with van der Waals surface area (Å²) in [4.78, 5) is 23.5. The minimum atomic E-state index is -0.0339. The maximum absolute atomic E-state index is 12.4. The molecular weight excluding hydrogens is 406 g/mol. The van der Waals surface area contributed by atoms with E-state index >= 15 is 0 Å². The predicted molar refractivity (Wildman–Crippen MR) is 120 cm³/mol. The lowest BCUT2D eigenvalue weighted by Gasteiger charge is -2.21. The van der Waals surface area contributed by atoms with E-state index in [1.807, 2.05) is 42.6 Å². The van der Waals surface area contributed by atoms with Crippen LogP contribution in [0.15, 0.2) is 52.2 Å². The fraction of sp³-hybridized carbons (Fsp3) is 0.190. The van der Waals surface area contributed by atoms with Crippen LogP contribution >= 0.6 is 34.4 Å². The third-order valence-electron chi connectivity index (χ3n) is 4.48. The van der Waals surface area contributed by atoms with Crippen LogP contribution in [0.4, 0.5) is 10.8 Å². The lowest BCUT2D eigenvalue weighted by molar-refractivity contribution is -0.115. The summed E-state index contributed by atoms with van der Waals surface area (Å²) in [6.07, 6.45) is 0. The Labute approximate surface area is 176 Å². The number of aromatic nitrogens is 2. The molecule has 0 bridgehead atoms. The van der Waals surface area contributed by atoms with Crippen molar-refractivity contribution in [3.8, 4) is 0 Å². The molecule has 0 spiro atoms. The molecule has 4 aromatic rings. The molecular formula is C21H19N3OS3. The normalized spacial score (nSPS) is 11.1. The number of thiazole rings is 2. The highest BCUT2D eigenvalue weighted by Gasteiger charge is 2.20. The maximum Gasteiger partial charge on any atom is 0.230 e. The van der Waals surface area contributed by atoms with Gasteiger partial charge >= 0.3 is 0 Å². The number of rotatable bonds is 5. The zero-order chi connectivity index (χ0) is 19.7. The van der Waals surface area contributed by atoms with Gasteiger partial charge in [-0.15, -0.1) is 22.7 Å². The highest BCUT2D eigenvalue weighted by molar-refractivity contribution is 8.00. The quantitative estimate of drug-likeness (QED) is 0.350. The van der Waals surface area contributed by atoms with Gasteiger partial charge in [0.25, 0.3) is 0 Å². The summed E-state index contributed by atoms with van der Waals surface area (Å²) in [5, 5.41) is 2.73. The molecule has 0 saturated carbocycles. The van der Waals surface area contributed by atoms with E-state index in [9.17, 15) is 4.79 Å². The predicted octanol–water partition coefficient (Wildman–Crippen LogP) is 6.35. The Morgan fingerprint density at radius 1 is 1.11 bits per heavy atom. The molecule has 0 aliphatic heterocycles. The first kappa shape index (κ1) is 19.1. The van der Waals surface area contributed by atoms with Gasteiger partial charge in [0.05, 0.1) is 21.6 Å². The van der Waals surface area contributed by atoms with Gasteiger partial charge in [0, 0.05) is 18.1 Å². The Kier molecular flexibility index (Phi) is 5.48. The van der Waals surface area contributed by atoms with Crippen LogP contribution < -0.4 is 4.90 Å². The molecule has 4 rings (SSSR count). The fourth-order valence-electron chi connectivity index (χ4n) is 2.90. The molecule has 7 heteroatoms. The second kappa shape index (κ2) is 8.03. The van der Waals surface area contributed by atoms with Crippen LogP contribution in [-0.4, -0.2) is 15.9 Å². The van der Waals surface area contributed by atoms with Gasteiger partial charge in [-0.2, -0.15) is 0 Å². The van der Waals surface area contributed by atoms with Crippen LogP contribution in [0.25, 0.3) is 10.2 Å². The molecule has 0 fully saturated rings. The van der Waals surface area contributed by atoms with Crippen LogP contribution in [0.1, 0.15) is 23.7 Å². The Balaban J connectivity index is 1.55. The third kappa shape index (κ3) is 3.83. The number of anilines is 2. The van der Waals surface area contributed by atoms with Gasteiger partial charge in [-0.1, -0.05) is 36.0 Å². The van der Waals surface area contributed by atoms with E-state index in [1.165, 1.54) is 16.0 Å². The van der Waals surface area contributed by atoms with Crippen molar-refractivity contribution in [3.05, 3.63) is 64.7 Å². The van der Waals surface area contributed by atoms with E-state index in [4.69, 9.17) is 4.98 Å². The number of thioether (sulfide) groups is 1. The van der Waals surface area contributed by atoms with E-state index in [1.54, 1.807) is 34.9 Å². The minimum Gasteiger partial charge on any atom is -0.274 e. The van der Waals surface area contributed by atoms with Gasteiger partial charge in [0.2, 0.25) is 5.91 Å². The standard InChI is InChI=1S/C21H19N3OS3/c1-13-7-6-9-18(14(13)2)24(15(3)25)20-22-16(11-26-20)12-27-21-23-17-8-4-5-10-19(17)28-21/h4-11H,12H2,1-3H3. The Morgan fingerprint density at radius 3 is 2.71 bits per heavy atom. The molecule has 28 heavy (non-hydrogen) atoms. The second-order valence-electron chi connectivity index (χ2n) is 6.43. The summed E-state index contributed by atoms with van der Waals surface area (Å²) in [6, 6.07) is 14.2. The maximum atomic E-state index is 12.4. The van der Waals surface area contributed by atoms with Crippen molar-refractivity contribution in [2.45, 2.75) is 30.9 Å². The second-order valence-corrected chi connectivity index (χ2v) is 9.52. The minimum absolute atomic E-state index is 0.0339. The number of fused-ring (bicyclic) bond motifs is 1. The van der Waals surface area contributed by atoms with Gasteiger partial charge in [-0.05, 0) is 43.2 Å². The Morgan fingerprint density at radius 2 is 1.93 bits per heavy atom. The lowest BCUT2D eigenvalue weighted by Crippen LogP contribution is -2.23. The summed E-state index contributed by atoms with van der Waals surface area (Å²) in [6.45, 7) is 5.68. The van der Waals surface area contributed by atoms with Crippen LogP contribution in [0.2, 0.25) is 0 Å². The average Bonchev–Trinajstić information content (AvgIpc) is 3.30. The van der Waals surface area contributed by atoms with E-state index in [-0.39, 0.29) is 5.91 Å². The van der Waals surface area contributed by atoms with Gasteiger partial charge in [-0.3, -0.25) is 9.69 Å². The number of para-hydroxylation sites is 1. The topological polar surface area (TPSA) is 46.1 Å². The SMILES string of the molecule is CC(=O)N(c1nc(CSc2nc3ccccc3s2)cs1)c1cccc(C)c1C. The van der Waals surface area contributed by atoms with Crippen molar-refractivity contribution in [3.63, 3.8) is 0 Å². The van der Waals surface area contributed by atoms with E-state index in [2.05, 4.69) is 24.0 Å². The smallest absolute Gasteiger partial charge is 0.230 e. The number of carbonyl (C=O) groups excluding carboxylic acids is 1. The van der Waals surface area contributed by atoms with Gasteiger partial charge < -0.3 is 0 Å². The number of aryl methyl sites for hydroxylation is 1. The van der Waals surface area contributed by atoms with Crippen LogP contribution in [0.3, 0.4) is 0 Å². The monoisotopic (exact) mass is 425 g/mol. The first-order chi connectivity index (χ1) is 13.5. The zero-order valence-corrected chi connectivity index (χ0v) is 18.3. The first-order valence-electron chi connectivity index (χ1n) is 8.82. The summed E-state index contributed by atoms with van der Waals surface area (Å²) in [7, 11) is 0. The molecule has 0 saturated heterocycles. The van der Waals surface area contributed by atoms with E-state index in [0.717, 1.165) is 38.1 Å². The molecule has 0 N–H and O–H groups in total. The largest absolute Gasteiger partial charge is 0.274 e. The molecule has 0 atom stereocenters. The number of benzene rings is 2. The summed E-state index contributed by atoms with van der Waals surface area (Å²) < 4.78 is 2.23. The van der Waals surface area contributed by atoms with Crippen LogP contribution in [-0.2, 0) is 10.5 Å². The van der Waals surface area contributed by atoms with E-state index in [0.29, 0.717) is 5.13 Å². The average molecular weight is 426 g/mol. The van der Waals surface area contributed by atoms with Crippen molar-refractivity contribution >= 4 is 61.4 Å². The lowest BCUT2D eigenvalue weighted by atomic mass is 10.1. The molecule has 142 valence electrons. The van der Waals surface area contributed by atoms with E-state index < -0.39 is 0 Å². The van der Waals surface area contributed by atoms with Gasteiger partial charge in [0.1, 0.15) is 0 Å². The number of hydrogen-bond acceptors (Lipinski definition) is 6. The Hall–Kier alpha value is -2.22. The molecule has 2 heterocycles. The number of nitrogens with zero attached hydrogens (tertiary/aromatic N) is 3. The van der Waals surface area contributed by atoms with Gasteiger partial charge in [0.15, 0.2) is 9.47 Å². The first-order valence-corrected chi connectivity index (χ1v) is 11.5. The zero-order valence-electron chi connectivity index (χ0n) is 15.8. The summed E-state index contributed by atoms with van der Waals surface area (Å²) in [5.74, 6) is 0.697. The highest BCUT2D eigenvalue weighted by Crippen LogP contribution is 2.35. The van der Waals surface area contributed by atoms with Crippen LogP contribution in [0, 0.1) is 13.8 Å². The molecule has 2 aromatic heterocycles. The van der Waals surface area contributed by atoms with Crippen molar-refractivity contribution in [2.24, 2.45) is 0 Å². The van der Waals surface area contributed by atoms with Crippen molar-refractivity contribution in [1.82, 2.24) is 9.97 Å². The number of hydrogen-bond donors (Lipinski definition) is 0. The van der Waals surface area contributed by atoms with Crippen molar-refractivity contribution in [2.75, 3.05) is 4.90 Å². The number of carbonyl (C=O) groups is 1. The molecule has 0 radical (unpaired) electrons. The Bertz CT molecular complexity index is 1120. The van der Waals surface area contributed by atoms with Gasteiger partial charge in [-0.25, -0.2) is 9.97 Å². The summed E-state index contributed by atoms with van der Waals surface area (Å²) >= 11 is 4.88. The molecule has 4 nitrogen and oxygen atoms in total. The summed E-state index contributed by atoms with van der Waals surface area (Å²) in [5.41, 5.74) is 5.14. The van der Waals surface area contributed by atoms with Crippen molar-refractivity contribution < 1.29 is 4.79 Å². The molecule has 2 aromatic carbocycles. The fourth-order valence-corrected chi connectivity index (χ4v) is 5.85. The van der Waals surface area contributed by atoms with Crippen molar-refractivity contribution in [1.29, 1.82) is 0 Å². The highest BCUT2D eigenvalue weighted by atomic mass is 32.2. The molecule has 0 aliphatic carbocycles. The number of amides is 1. The molecule has 1 amide bonds. The van der Waals surface area contributed by atoms with Crippen LogP contribution in [0.5, 0.6) is 0 Å².